The second-order valence-corrected chi connectivity index (χ2v) is 5.80. The molecular formula is C10H11ClFNO4S. The summed E-state index contributed by atoms with van der Waals surface area (Å²) in [6.45, 7) is 0. The number of carbonyl (C=O) groups is 1. The van der Waals surface area contributed by atoms with Crippen LogP contribution in [-0.4, -0.2) is 25.2 Å². The molecule has 2 N–H and O–H groups in total. The van der Waals surface area contributed by atoms with Crippen molar-refractivity contribution in [2.24, 2.45) is 0 Å². The normalized spacial score (nSPS) is 11.2. The van der Waals surface area contributed by atoms with Crippen LogP contribution in [0, 0.1) is 5.82 Å². The van der Waals surface area contributed by atoms with Gasteiger partial charge in [0.1, 0.15) is 5.82 Å². The van der Waals surface area contributed by atoms with E-state index in [4.69, 9.17) is 16.7 Å². The van der Waals surface area contributed by atoms with Crippen molar-refractivity contribution < 1.29 is 22.7 Å². The van der Waals surface area contributed by atoms with E-state index < -0.39 is 21.8 Å². The van der Waals surface area contributed by atoms with Crippen LogP contribution in [0.5, 0.6) is 0 Å². The average Bonchev–Trinajstić information content (AvgIpc) is 2.22. The summed E-state index contributed by atoms with van der Waals surface area (Å²) in [5.74, 6) is -2.03. The van der Waals surface area contributed by atoms with Crippen LogP contribution in [0.1, 0.15) is 12.8 Å². The van der Waals surface area contributed by atoms with Crippen molar-refractivity contribution in [1.82, 2.24) is 0 Å². The number of rotatable bonds is 6. The molecule has 1 aromatic rings. The van der Waals surface area contributed by atoms with E-state index in [2.05, 4.69) is 4.72 Å². The first-order valence-electron chi connectivity index (χ1n) is 4.97. The highest BCUT2D eigenvalue weighted by molar-refractivity contribution is 7.92. The topological polar surface area (TPSA) is 83.5 Å². The molecule has 0 saturated carbocycles. The molecule has 0 atom stereocenters. The molecule has 0 spiro atoms. The van der Waals surface area contributed by atoms with Crippen molar-refractivity contribution in [2.45, 2.75) is 12.8 Å². The largest absolute Gasteiger partial charge is 0.481 e. The zero-order chi connectivity index (χ0) is 13.8. The van der Waals surface area contributed by atoms with Gasteiger partial charge in [-0.25, -0.2) is 12.8 Å². The smallest absolute Gasteiger partial charge is 0.303 e. The predicted octanol–water partition coefficient (Wildman–Crippen LogP) is 2.09. The molecule has 0 aliphatic carbocycles. The molecule has 0 amide bonds. The number of nitrogens with one attached hydrogen (secondary N) is 1. The zero-order valence-electron chi connectivity index (χ0n) is 9.19. The lowest BCUT2D eigenvalue weighted by molar-refractivity contribution is -0.137. The van der Waals surface area contributed by atoms with Crippen molar-refractivity contribution >= 4 is 33.3 Å². The van der Waals surface area contributed by atoms with E-state index in [9.17, 15) is 17.6 Å². The maximum absolute atomic E-state index is 12.8. The highest BCUT2D eigenvalue weighted by Gasteiger charge is 2.12. The van der Waals surface area contributed by atoms with E-state index in [1.165, 1.54) is 6.07 Å². The fraction of sp³-hybridized carbons (Fsp3) is 0.300. The molecule has 0 aliphatic rings. The van der Waals surface area contributed by atoms with E-state index in [1.807, 2.05) is 0 Å². The standard InChI is InChI=1S/C10H11ClFNO4S/c11-8-6-7(3-4-9(8)12)13-18(16,17)5-1-2-10(14)15/h3-4,6,13H,1-2,5H2,(H,14,15). The van der Waals surface area contributed by atoms with Gasteiger partial charge in [-0.1, -0.05) is 11.6 Å². The number of hydrogen-bond donors (Lipinski definition) is 2. The van der Waals surface area contributed by atoms with Gasteiger partial charge in [0.25, 0.3) is 0 Å². The number of carboxylic acid groups (broad SMARTS) is 1. The van der Waals surface area contributed by atoms with Crippen molar-refractivity contribution in [3.05, 3.63) is 29.0 Å². The van der Waals surface area contributed by atoms with E-state index in [1.54, 1.807) is 0 Å². The number of halogens is 2. The molecule has 0 saturated heterocycles. The summed E-state index contributed by atoms with van der Waals surface area (Å²) in [5, 5.41) is 8.20. The minimum Gasteiger partial charge on any atom is -0.481 e. The Morgan fingerprint density at radius 1 is 1.44 bits per heavy atom. The number of hydrogen-bond acceptors (Lipinski definition) is 3. The third-order valence-corrected chi connectivity index (χ3v) is 3.66. The first-order valence-corrected chi connectivity index (χ1v) is 7.00. The maximum atomic E-state index is 12.8. The van der Waals surface area contributed by atoms with Gasteiger partial charge in [0, 0.05) is 6.42 Å². The Balaban J connectivity index is 2.64. The molecule has 0 aromatic heterocycles. The Morgan fingerprint density at radius 2 is 2.11 bits per heavy atom. The van der Waals surface area contributed by atoms with Gasteiger partial charge in [-0.15, -0.1) is 0 Å². The van der Waals surface area contributed by atoms with E-state index in [0.29, 0.717) is 0 Å². The van der Waals surface area contributed by atoms with Crippen LogP contribution >= 0.6 is 11.6 Å². The fourth-order valence-corrected chi connectivity index (χ4v) is 2.50. The second-order valence-electron chi connectivity index (χ2n) is 3.55. The molecule has 5 nitrogen and oxygen atoms in total. The van der Waals surface area contributed by atoms with Crippen LogP contribution in [-0.2, 0) is 14.8 Å². The van der Waals surface area contributed by atoms with Crippen molar-refractivity contribution in [3.8, 4) is 0 Å². The summed E-state index contributed by atoms with van der Waals surface area (Å²) in [7, 11) is -3.65. The predicted molar refractivity (Wildman–Crippen MR) is 65.7 cm³/mol. The zero-order valence-corrected chi connectivity index (χ0v) is 10.8. The Labute approximate surface area is 109 Å². The summed E-state index contributed by atoms with van der Waals surface area (Å²) >= 11 is 5.50. The number of carboxylic acids is 1. The lowest BCUT2D eigenvalue weighted by Crippen LogP contribution is -2.17. The summed E-state index contributed by atoms with van der Waals surface area (Å²) in [4.78, 5) is 10.3. The lowest BCUT2D eigenvalue weighted by atomic mass is 10.3. The van der Waals surface area contributed by atoms with Crippen molar-refractivity contribution in [1.29, 1.82) is 0 Å². The van der Waals surface area contributed by atoms with E-state index in [0.717, 1.165) is 12.1 Å². The molecule has 1 rings (SSSR count). The van der Waals surface area contributed by atoms with Gasteiger partial charge in [0.15, 0.2) is 0 Å². The highest BCUT2D eigenvalue weighted by Crippen LogP contribution is 2.20. The average molecular weight is 296 g/mol. The maximum Gasteiger partial charge on any atom is 0.303 e. The first kappa shape index (κ1) is 14.7. The van der Waals surface area contributed by atoms with E-state index in [-0.39, 0.29) is 29.3 Å². The van der Waals surface area contributed by atoms with Crippen molar-refractivity contribution in [2.75, 3.05) is 10.5 Å². The molecule has 0 heterocycles. The van der Waals surface area contributed by atoms with Crippen LogP contribution in [0.25, 0.3) is 0 Å². The van der Waals surface area contributed by atoms with Crippen LogP contribution in [0.3, 0.4) is 0 Å². The molecule has 0 aliphatic heterocycles. The van der Waals surface area contributed by atoms with Gasteiger partial charge in [-0.05, 0) is 24.6 Å². The number of aliphatic carboxylic acids is 1. The summed E-state index contributed by atoms with van der Waals surface area (Å²) in [6, 6.07) is 3.42. The van der Waals surface area contributed by atoms with Crippen molar-refractivity contribution in [3.63, 3.8) is 0 Å². The van der Waals surface area contributed by atoms with Crippen LogP contribution in [0.15, 0.2) is 18.2 Å². The van der Waals surface area contributed by atoms with Crippen LogP contribution in [0.4, 0.5) is 10.1 Å². The molecule has 18 heavy (non-hydrogen) atoms. The second kappa shape index (κ2) is 6.01. The Bertz CT molecular complexity index is 547. The molecule has 100 valence electrons. The number of sulfonamides is 1. The van der Waals surface area contributed by atoms with Gasteiger partial charge in [0.05, 0.1) is 16.5 Å². The molecular weight excluding hydrogens is 285 g/mol. The summed E-state index contributed by atoms with van der Waals surface area (Å²) < 4.78 is 38.1. The molecule has 0 bridgehead atoms. The third-order valence-electron chi connectivity index (χ3n) is 2.00. The summed E-state index contributed by atoms with van der Waals surface area (Å²) in [5.41, 5.74) is 0.136. The monoisotopic (exact) mass is 295 g/mol. The van der Waals surface area contributed by atoms with Gasteiger partial charge in [-0.3, -0.25) is 9.52 Å². The lowest BCUT2D eigenvalue weighted by Gasteiger charge is -2.07. The highest BCUT2D eigenvalue weighted by atomic mass is 35.5. The minimum absolute atomic E-state index is 0.000403. The van der Waals surface area contributed by atoms with Gasteiger partial charge in [0.2, 0.25) is 10.0 Å². The fourth-order valence-electron chi connectivity index (χ4n) is 1.20. The van der Waals surface area contributed by atoms with E-state index >= 15 is 0 Å². The Hall–Kier alpha value is -1.34. The van der Waals surface area contributed by atoms with Gasteiger partial charge >= 0.3 is 5.97 Å². The number of anilines is 1. The minimum atomic E-state index is -3.65. The molecule has 8 heteroatoms. The first-order chi connectivity index (χ1) is 8.30. The number of benzene rings is 1. The molecule has 0 unspecified atom stereocenters. The van der Waals surface area contributed by atoms with Crippen LogP contribution < -0.4 is 4.72 Å². The molecule has 0 radical (unpaired) electrons. The molecule has 1 aromatic carbocycles. The SMILES string of the molecule is O=C(O)CCCS(=O)(=O)Nc1ccc(F)c(Cl)c1. The summed E-state index contributed by atoms with van der Waals surface area (Å²) in [6.07, 6.45) is -0.231. The van der Waals surface area contributed by atoms with Gasteiger partial charge in [-0.2, -0.15) is 0 Å². The van der Waals surface area contributed by atoms with Crippen LogP contribution in [0.2, 0.25) is 5.02 Å². The molecule has 0 fully saturated rings. The quantitative estimate of drug-likeness (QED) is 0.841. The Kier molecular flexibility index (Phi) is 4.92. The third kappa shape index (κ3) is 4.89. The Morgan fingerprint density at radius 3 is 2.67 bits per heavy atom. The van der Waals surface area contributed by atoms with Gasteiger partial charge < -0.3 is 5.11 Å².